The van der Waals surface area contributed by atoms with E-state index in [1.807, 2.05) is 13.8 Å². The van der Waals surface area contributed by atoms with Gasteiger partial charge in [-0.15, -0.1) is 0 Å². The van der Waals surface area contributed by atoms with Crippen molar-refractivity contribution in [3.8, 4) is 0 Å². The van der Waals surface area contributed by atoms with Crippen LogP contribution in [0.5, 0.6) is 0 Å². The van der Waals surface area contributed by atoms with Crippen LogP contribution in [0.1, 0.15) is 13.8 Å². The quantitative estimate of drug-likeness (QED) is 0.878. The molecule has 1 rings (SSSR count). The highest BCUT2D eigenvalue weighted by atomic mass is 35.5. The lowest BCUT2D eigenvalue weighted by molar-refractivity contribution is -0.118. The molecule has 5 heteroatoms. The Hall–Kier alpha value is -0.770. The molecular formula is C11H14Cl2N2O. The Balaban J connectivity index is 2.81. The Labute approximate surface area is 105 Å². The van der Waals surface area contributed by atoms with E-state index < -0.39 is 6.04 Å². The summed E-state index contributed by atoms with van der Waals surface area (Å²) in [5, 5.41) is 3.38. The van der Waals surface area contributed by atoms with E-state index in [-0.39, 0.29) is 11.8 Å². The number of halogens is 2. The number of amides is 1. The summed E-state index contributed by atoms with van der Waals surface area (Å²) in [6.45, 7) is 3.76. The molecule has 0 spiro atoms. The molecule has 0 saturated heterocycles. The van der Waals surface area contributed by atoms with E-state index in [1.54, 1.807) is 18.2 Å². The fourth-order valence-corrected chi connectivity index (χ4v) is 1.47. The van der Waals surface area contributed by atoms with Crippen LogP contribution in [0.25, 0.3) is 0 Å². The minimum atomic E-state index is -0.560. The first kappa shape index (κ1) is 13.3. The molecule has 0 aliphatic carbocycles. The van der Waals surface area contributed by atoms with Gasteiger partial charge in [0.25, 0.3) is 0 Å². The monoisotopic (exact) mass is 260 g/mol. The third-order valence-corrected chi connectivity index (χ3v) is 3.05. The van der Waals surface area contributed by atoms with Gasteiger partial charge in [0.2, 0.25) is 5.91 Å². The molecule has 1 atom stereocenters. The van der Waals surface area contributed by atoms with E-state index in [1.165, 1.54) is 0 Å². The number of anilines is 1. The zero-order valence-corrected chi connectivity index (χ0v) is 10.6. The molecule has 0 aliphatic rings. The highest BCUT2D eigenvalue weighted by Gasteiger charge is 2.18. The number of nitrogens with one attached hydrogen (secondary N) is 1. The zero-order valence-electron chi connectivity index (χ0n) is 9.13. The maximum absolute atomic E-state index is 11.7. The summed E-state index contributed by atoms with van der Waals surface area (Å²) in [5.41, 5.74) is 6.19. The first-order valence-electron chi connectivity index (χ1n) is 4.94. The average molecular weight is 261 g/mol. The van der Waals surface area contributed by atoms with Crippen molar-refractivity contribution in [2.75, 3.05) is 5.32 Å². The second-order valence-electron chi connectivity index (χ2n) is 3.86. The molecule has 88 valence electrons. The number of hydrogen-bond acceptors (Lipinski definition) is 2. The standard InChI is InChI=1S/C11H14Cl2N2O/c1-6(2)10(14)11(16)15-8-5-3-4-7(12)9(8)13/h3-6,10H,14H2,1-2H3,(H,15,16). The van der Waals surface area contributed by atoms with Crippen LogP contribution in [0.4, 0.5) is 5.69 Å². The van der Waals surface area contributed by atoms with Gasteiger partial charge in [-0.05, 0) is 18.1 Å². The van der Waals surface area contributed by atoms with E-state index in [2.05, 4.69) is 5.32 Å². The third-order valence-electron chi connectivity index (χ3n) is 2.23. The Morgan fingerprint density at radius 1 is 1.38 bits per heavy atom. The van der Waals surface area contributed by atoms with E-state index in [0.717, 1.165) is 0 Å². The molecular weight excluding hydrogens is 247 g/mol. The number of rotatable bonds is 3. The van der Waals surface area contributed by atoms with Crippen LogP contribution in [0.2, 0.25) is 10.0 Å². The molecule has 0 aliphatic heterocycles. The maximum atomic E-state index is 11.7. The molecule has 1 aromatic rings. The van der Waals surface area contributed by atoms with Gasteiger partial charge >= 0.3 is 0 Å². The zero-order chi connectivity index (χ0) is 12.3. The Kier molecular flexibility index (Phi) is 4.59. The van der Waals surface area contributed by atoms with Gasteiger partial charge in [-0.1, -0.05) is 43.1 Å². The summed E-state index contributed by atoms with van der Waals surface area (Å²) in [4.78, 5) is 11.7. The first-order chi connectivity index (χ1) is 7.43. The molecule has 0 aromatic heterocycles. The van der Waals surface area contributed by atoms with Crippen molar-refractivity contribution in [1.82, 2.24) is 0 Å². The molecule has 0 radical (unpaired) electrons. The normalized spacial score (nSPS) is 12.6. The molecule has 3 nitrogen and oxygen atoms in total. The van der Waals surface area contributed by atoms with E-state index >= 15 is 0 Å². The maximum Gasteiger partial charge on any atom is 0.241 e. The van der Waals surface area contributed by atoms with Gasteiger partial charge in [-0.2, -0.15) is 0 Å². The van der Waals surface area contributed by atoms with Crippen molar-refractivity contribution in [3.05, 3.63) is 28.2 Å². The average Bonchev–Trinajstić information content (AvgIpc) is 2.23. The molecule has 0 fully saturated rings. The predicted octanol–water partition coefficient (Wildman–Crippen LogP) is 2.92. The minimum Gasteiger partial charge on any atom is -0.323 e. The SMILES string of the molecule is CC(C)C(N)C(=O)Nc1cccc(Cl)c1Cl. The topological polar surface area (TPSA) is 55.1 Å². The molecule has 16 heavy (non-hydrogen) atoms. The lowest BCUT2D eigenvalue weighted by Gasteiger charge is -2.16. The molecule has 1 aromatic carbocycles. The predicted molar refractivity (Wildman–Crippen MR) is 67.9 cm³/mol. The van der Waals surface area contributed by atoms with Gasteiger partial charge < -0.3 is 11.1 Å². The summed E-state index contributed by atoms with van der Waals surface area (Å²) < 4.78 is 0. The Bertz CT molecular complexity index is 394. The smallest absolute Gasteiger partial charge is 0.241 e. The Morgan fingerprint density at radius 3 is 2.56 bits per heavy atom. The number of carbonyl (C=O) groups is 1. The van der Waals surface area contributed by atoms with Crippen LogP contribution in [-0.4, -0.2) is 11.9 Å². The van der Waals surface area contributed by atoms with Crippen LogP contribution in [0.15, 0.2) is 18.2 Å². The van der Waals surface area contributed by atoms with Gasteiger partial charge in [0.1, 0.15) is 0 Å². The fraction of sp³-hybridized carbons (Fsp3) is 0.364. The van der Waals surface area contributed by atoms with Crippen molar-refractivity contribution in [3.63, 3.8) is 0 Å². The lowest BCUT2D eigenvalue weighted by Crippen LogP contribution is -2.39. The van der Waals surface area contributed by atoms with Crippen molar-refractivity contribution in [1.29, 1.82) is 0 Å². The van der Waals surface area contributed by atoms with E-state index in [4.69, 9.17) is 28.9 Å². The van der Waals surface area contributed by atoms with E-state index in [9.17, 15) is 4.79 Å². The van der Waals surface area contributed by atoms with Gasteiger partial charge in [-0.25, -0.2) is 0 Å². The number of carbonyl (C=O) groups excluding carboxylic acids is 1. The van der Waals surface area contributed by atoms with Crippen molar-refractivity contribution in [2.45, 2.75) is 19.9 Å². The molecule has 1 amide bonds. The van der Waals surface area contributed by atoms with Gasteiger partial charge in [0, 0.05) is 0 Å². The van der Waals surface area contributed by atoms with Crippen LogP contribution < -0.4 is 11.1 Å². The molecule has 1 unspecified atom stereocenters. The largest absolute Gasteiger partial charge is 0.323 e. The summed E-state index contributed by atoms with van der Waals surface area (Å²) in [7, 11) is 0. The van der Waals surface area contributed by atoms with E-state index in [0.29, 0.717) is 15.7 Å². The second-order valence-corrected chi connectivity index (χ2v) is 4.65. The number of benzene rings is 1. The van der Waals surface area contributed by atoms with Crippen molar-refractivity contribution in [2.24, 2.45) is 11.7 Å². The first-order valence-corrected chi connectivity index (χ1v) is 5.69. The van der Waals surface area contributed by atoms with Crippen LogP contribution >= 0.6 is 23.2 Å². The number of nitrogens with two attached hydrogens (primary N) is 1. The van der Waals surface area contributed by atoms with Gasteiger partial charge in [0.15, 0.2) is 0 Å². The summed E-state index contributed by atoms with van der Waals surface area (Å²) in [6, 6.07) is 4.49. The Morgan fingerprint density at radius 2 is 2.00 bits per heavy atom. The lowest BCUT2D eigenvalue weighted by atomic mass is 10.1. The molecule has 3 N–H and O–H groups in total. The van der Waals surface area contributed by atoms with Crippen LogP contribution in [0.3, 0.4) is 0 Å². The number of hydrogen-bond donors (Lipinski definition) is 2. The third kappa shape index (κ3) is 3.11. The van der Waals surface area contributed by atoms with Crippen molar-refractivity contribution >= 4 is 34.8 Å². The summed E-state index contributed by atoms with van der Waals surface area (Å²) >= 11 is 11.8. The molecule has 0 bridgehead atoms. The van der Waals surface area contributed by atoms with Crippen LogP contribution in [-0.2, 0) is 4.79 Å². The minimum absolute atomic E-state index is 0.0676. The molecule has 0 heterocycles. The van der Waals surface area contributed by atoms with Crippen LogP contribution in [0, 0.1) is 5.92 Å². The van der Waals surface area contributed by atoms with Crippen molar-refractivity contribution < 1.29 is 4.79 Å². The highest BCUT2D eigenvalue weighted by molar-refractivity contribution is 6.44. The second kappa shape index (κ2) is 5.53. The highest BCUT2D eigenvalue weighted by Crippen LogP contribution is 2.29. The van der Waals surface area contributed by atoms with Gasteiger partial charge in [-0.3, -0.25) is 4.79 Å². The van der Waals surface area contributed by atoms with Gasteiger partial charge in [0.05, 0.1) is 21.8 Å². The summed E-state index contributed by atoms with van der Waals surface area (Å²) in [6.07, 6.45) is 0. The summed E-state index contributed by atoms with van der Waals surface area (Å²) in [5.74, 6) is -0.197. The molecule has 0 saturated carbocycles. The fourth-order valence-electron chi connectivity index (χ4n) is 1.12.